The second-order valence-corrected chi connectivity index (χ2v) is 6.48. The van der Waals surface area contributed by atoms with E-state index in [1.54, 1.807) is 6.20 Å². The van der Waals surface area contributed by atoms with E-state index in [1.165, 1.54) is 5.56 Å². The monoisotopic (exact) mass is 311 g/mol. The number of likely N-dealkylation sites (tertiary alicyclic amines) is 1. The summed E-state index contributed by atoms with van der Waals surface area (Å²) in [6.07, 6.45) is 5.10. The van der Waals surface area contributed by atoms with E-state index >= 15 is 0 Å². The highest BCUT2D eigenvalue weighted by molar-refractivity contribution is 5.92. The Bertz CT molecular complexity index is 673. The van der Waals surface area contributed by atoms with Gasteiger partial charge in [-0.05, 0) is 24.8 Å². The maximum Gasteiger partial charge on any atom is 0.273 e. The van der Waals surface area contributed by atoms with Gasteiger partial charge in [0.25, 0.3) is 5.91 Å². The van der Waals surface area contributed by atoms with Crippen molar-refractivity contribution in [2.45, 2.75) is 31.3 Å². The first-order valence-corrected chi connectivity index (χ1v) is 8.27. The van der Waals surface area contributed by atoms with E-state index in [1.807, 2.05) is 10.7 Å². The summed E-state index contributed by atoms with van der Waals surface area (Å²) in [6.45, 7) is 2.86. The molecule has 1 aliphatic heterocycles. The van der Waals surface area contributed by atoms with E-state index in [-0.39, 0.29) is 11.9 Å². The van der Waals surface area contributed by atoms with Crippen molar-refractivity contribution in [2.75, 3.05) is 19.6 Å². The van der Waals surface area contributed by atoms with Crippen molar-refractivity contribution >= 4 is 5.91 Å². The van der Waals surface area contributed by atoms with Gasteiger partial charge in [-0.3, -0.25) is 9.69 Å². The molecular weight excluding hydrogens is 290 g/mol. The van der Waals surface area contributed by atoms with Crippen molar-refractivity contribution in [1.82, 2.24) is 25.2 Å². The predicted octanol–water partition coefficient (Wildman–Crippen LogP) is 1.27. The second kappa shape index (κ2) is 6.12. The highest BCUT2D eigenvalue weighted by Gasteiger charge is 2.29. The first-order valence-electron chi connectivity index (χ1n) is 8.27. The average molecular weight is 311 g/mol. The van der Waals surface area contributed by atoms with Crippen LogP contribution in [0.1, 0.15) is 34.9 Å². The van der Waals surface area contributed by atoms with Crippen molar-refractivity contribution in [2.24, 2.45) is 0 Å². The van der Waals surface area contributed by atoms with Crippen LogP contribution in [0.15, 0.2) is 36.5 Å². The smallest absolute Gasteiger partial charge is 0.273 e. The molecule has 6 nitrogen and oxygen atoms in total. The lowest BCUT2D eigenvalue weighted by Gasteiger charge is -2.39. The SMILES string of the molecule is O=C(NC1CN(CCc2ccccc2)C1)c1cn(C2CC2)nn1. The molecule has 1 saturated heterocycles. The van der Waals surface area contributed by atoms with Crippen LogP contribution >= 0.6 is 0 Å². The molecule has 0 radical (unpaired) electrons. The van der Waals surface area contributed by atoms with Gasteiger partial charge in [0.15, 0.2) is 5.69 Å². The van der Waals surface area contributed by atoms with Crippen LogP contribution in [0.3, 0.4) is 0 Å². The summed E-state index contributed by atoms with van der Waals surface area (Å²) in [4.78, 5) is 14.5. The predicted molar refractivity (Wildman–Crippen MR) is 86.1 cm³/mol. The van der Waals surface area contributed by atoms with Crippen molar-refractivity contribution in [1.29, 1.82) is 0 Å². The molecule has 1 amide bonds. The zero-order valence-electron chi connectivity index (χ0n) is 13.1. The highest BCUT2D eigenvalue weighted by Crippen LogP contribution is 2.33. The lowest BCUT2D eigenvalue weighted by Crippen LogP contribution is -2.59. The molecule has 1 N–H and O–H groups in total. The summed E-state index contributed by atoms with van der Waals surface area (Å²) in [5.74, 6) is -0.107. The van der Waals surface area contributed by atoms with Gasteiger partial charge in [-0.25, -0.2) is 4.68 Å². The fraction of sp³-hybridized carbons (Fsp3) is 0.471. The van der Waals surface area contributed by atoms with Gasteiger partial charge in [0.2, 0.25) is 0 Å². The van der Waals surface area contributed by atoms with Crippen LogP contribution in [-0.4, -0.2) is 51.5 Å². The summed E-state index contributed by atoms with van der Waals surface area (Å²) < 4.78 is 1.81. The summed E-state index contributed by atoms with van der Waals surface area (Å²) in [7, 11) is 0. The number of carbonyl (C=O) groups is 1. The maximum atomic E-state index is 12.1. The molecule has 2 heterocycles. The van der Waals surface area contributed by atoms with Crippen LogP contribution in [0.5, 0.6) is 0 Å². The molecule has 1 aromatic heterocycles. The van der Waals surface area contributed by atoms with Crippen molar-refractivity contribution in [3.05, 3.63) is 47.8 Å². The third-order valence-electron chi connectivity index (χ3n) is 4.52. The van der Waals surface area contributed by atoms with Gasteiger partial charge in [-0.2, -0.15) is 0 Å². The lowest BCUT2D eigenvalue weighted by atomic mass is 10.1. The first-order chi connectivity index (χ1) is 11.3. The van der Waals surface area contributed by atoms with Gasteiger partial charge >= 0.3 is 0 Å². The summed E-state index contributed by atoms with van der Waals surface area (Å²) in [5.41, 5.74) is 1.79. The Labute approximate surface area is 135 Å². The Morgan fingerprint density at radius 3 is 2.74 bits per heavy atom. The molecule has 1 aliphatic carbocycles. The minimum Gasteiger partial charge on any atom is -0.345 e. The molecule has 2 fully saturated rings. The van der Waals surface area contributed by atoms with Gasteiger partial charge < -0.3 is 5.32 Å². The zero-order valence-corrected chi connectivity index (χ0v) is 13.1. The molecule has 120 valence electrons. The molecule has 1 saturated carbocycles. The van der Waals surface area contributed by atoms with Crippen LogP contribution in [-0.2, 0) is 6.42 Å². The Morgan fingerprint density at radius 1 is 1.22 bits per heavy atom. The van der Waals surface area contributed by atoms with Gasteiger partial charge in [0.05, 0.1) is 18.3 Å². The average Bonchev–Trinajstić information content (AvgIpc) is 3.27. The van der Waals surface area contributed by atoms with E-state index in [2.05, 4.69) is 44.8 Å². The molecule has 0 atom stereocenters. The summed E-state index contributed by atoms with van der Waals surface area (Å²) in [5, 5.41) is 11.0. The van der Waals surface area contributed by atoms with E-state index in [9.17, 15) is 4.79 Å². The van der Waals surface area contributed by atoms with Crippen LogP contribution in [0, 0.1) is 0 Å². The fourth-order valence-electron chi connectivity index (χ4n) is 2.93. The standard InChI is InChI=1S/C17H21N5O/c23-17(16-12-22(20-19-16)15-6-7-15)18-14-10-21(11-14)9-8-13-4-2-1-3-5-13/h1-5,12,14-15H,6-11H2,(H,18,23). The lowest BCUT2D eigenvalue weighted by molar-refractivity contribution is 0.0810. The van der Waals surface area contributed by atoms with Gasteiger partial charge in [0.1, 0.15) is 0 Å². The van der Waals surface area contributed by atoms with E-state index in [0.29, 0.717) is 11.7 Å². The minimum absolute atomic E-state index is 0.107. The Hall–Kier alpha value is -2.21. The van der Waals surface area contributed by atoms with Crippen molar-refractivity contribution in [3.63, 3.8) is 0 Å². The highest BCUT2D eigenvalue weighted by atomic mass is 16.2. The first kappa shape index (κ1) is 14.4. The van der Waals surface area contributed by atoms with Crippen molar-refractivity contribution in [3.8, 4) is 0 Å². The van der Waals surface area contributed by atoms with E-state index in [4.69, 9.17) is 0 Å². The Morgan fingerprint density at radius 2 is 2.00 bits per heavy atom. The number of nitrogens with zero attached hydrogens (tertiary/aromatic N) is 4. The van der Waals surface area contributed by atoms with Gasteiger partial charge in [-0.1, -0.05) is 35.5 Å². The molecule has 0 bridgehead atoms. The number of hydrogen-bond donors (Lipinski definition) is 1. The molecule has 2 aromatic rings. The Kier molecular flexibility index (Phi) is 3.83. The Balaban J connectivity index is 1.20. The number of rotatable bonds is 6. The van der Waals surface area contributed by atoms with Gasteiger partial charge in [-0.15, -0.1) is 5.10 Å². The third kappa shape index (κ3) is 3.42. The number of amides is 1. The molecule has 23 heavy (non-hydrogen) atoms. The molecule has 2 aliphatic rings. The van der Waals surface area contributed by atoms with Crippen LogP contribution in [0.4, 0.5) is 0 Å². The molecule has 1 aromatic carbocycles. The minimum atomic E-state index is -0.107. The molecule has 0 unspecified atom stereocenters. The maximum absolute atomic E-state index is 12.1. The van der Waals surface area contributed by atoms with Crippen LogP contribution in [0.25, 0.3) is 0 Å². The summed E-state index contributed by atoms with van der Waals surface area (Å²) >= 11 is 0. The molecule has 0 spiro atoms. The molecule has 6 heteroatoms. The zero-order chi connectivity index (χ0) is 15.6. The second-order valence-electron chi connectivity index (χ2n) is 6.48. The summed E-state index contributed by atoms with van der Waals surface area (Å²) in [6, 6.07) is 11.2. The number of hydrogen-bond acceptors (Lipinski definition) is 4. The quantitative estimate of drug-likeness (QED) is 0.872. The molecule has 4 rings (SSSR count). The number of carbonyl (C=O) groups excluding carboxylic acids is 1. The van der Waals surface area contributed by atoms with E-state index in [0.717, 1.165) is 38.9 Å². The number of aromatic nitrogens is 3. The fourth-order valence-corrected chi connectivity index (χ4v) is 2.93. The third-order valence-corrected chi connectivity index (χ3v) is 4.52. The van der Waals surface area contributed by atoms with E-state index < -0.39 is 0 Å². The molecular formula is C17H21N5O. The normalized spacial score (nSPS) is 18.6. The van der Waals surface area contributed by atoms with Gasteiger partial charge in [0, 0.05) is 19.6 Å². The van der Waals surface area contributed by atoms with Crippen LogP contribution in [0.2, 0.25) is 0 Å². The van der Waals surface area contributed by atoms with Crippen molar-refractivity contribution < 1.29 is 4.79 Å². The van der Waals surface area contributed by atoms with Crippen LogP contribution < -0.4 is 5.32 Å². The topological polar surface area (TPSA) is 63.1 Å². The number of nitrogens with one attached hydrogen (secondary N) is 1. The largest absolute Gasteiger partial charge is 0.345 e. The number of benzene rings is 1.